The van der Waals surface area contributed by atoms with E-state index < -0.39 is 0 Å². The van der Waals surface area contributed by atoms with E-state index in [0.29, 0.717) is 11.9 Å². The van der Waals surface area contributed by atoms with E-state index in [4.69, 9.17) is 4.98 Å². The zero-order chi connectivity index (χ0) is 20.0. The number of amides is 1. The molecule has 0 aromatic carbocycles. The minimum atomic E-state index is -0.321. The van der Waals surface area contributed by atoms with Crippen molar-refractivity contribution >= 4 is 5.91 Å². The van der Waals surface area contributed by atoms with Crippen LogP contribution >= 0.6 is 0 Å². The highest BCUT2D eigenvalue weighted by Gasteiger charge is 2.58. The van der Waals surface area contributed by atoms with E-state index in [-0.39, 0.29) is 11.3 Å². The minimum Gasteiger partial charge on any atom is -0.342 e. The number of nitrogens with zero attached hydrogens (tertiary/aromatic N) is 5. The first-order valence-electron chi connectivity index (χ1n) is 11.0. The summed E-state index contributed by atoms with van der Waals surface area (Å²) in [6.07, 6.45) is 11.3. The maximum absolute atomic E-state index is 13.7. The van der Waals surface area contributed by atoms with Crippen molar-refractivity contribution in [3.63, 3.8) is 0 Å². The third-order valence-electron chi connectivity index (χ3n) is 7.06. The Morgan fingerprint density at radius 3 is 2.72 bits per heavy atom. The molecular weight excluding hydrogens is 362 g/mol. The molecule has 0 radical (unpaired) electrons. The van der Waals surface area contributed by atoms with E-state index in [1.807, 2.05) is 18.7 Å². The van der Waals surface area contributed by atoms with Crippen LogP contribution in [0.5, 0.6) is 0 Å². The number of imidazole rings is 1. The SMILES string of the molecule is CC(C)n1cnc([C@H]2CN(Cc3ccncc3)C[C@@]23CCN(CC2CC2)C3=O)c1. The lowest BCUT2D eigenvalue weighted by atomic mass is 9.75. The Morgan fingerprint density at radius 2 is 2.03 bits per heavy atom. The number of aromatic nitrogens is 3. The summed E-state index contributed by atoms with van der Waals surface area (Å²) in [6.45, 7) is 8.78. The van der Waals surface area contributed by atoms with Crippen LogP contribution in [0.25, 0.3) is 0 Å². The van der Waals surface area contributed by atoms with Gasteiger partial charge in [0.25, 0.3) is 0 Å². The molecule has 0 N–H and O–H groups in total. The van der Waals surface area contributed by atoms with Gasteiger partial charge in [-0.25, -0.2) is 4.98 Å². The molecule has 2 atom stereocenters. The van der Waals surface area contributed by atoms with Crippen LogP contribution in [-0.4, -0.2) is 56.4 Å². The van der Waals surface area contributed by atoms with Gasteiger partial charge in [-0.1, -0.05) is 0 Å². The Labute approximate surface area is 172 Å². The van der Waals surface area contributed by atoms with Crippen LogP contribution in [0.15, 0.2) is 37.1 Å². The van der Waals surface area contributed by atoms with Crippen molar-refractivity contribution in [3.05, 3.63) is 48.3 Å². The van der Waals surface area contributed by atoms with Gasteiger partial charge in [0, 0.05) is 63.3 Å². The van der Waals surface area contributed by atoms with Gasteiger partial charge in [0.2, 0.25) is 5.91 Å². The quantitative estimate of drug-likeness (QED) is 0.757. The third-order valence-corrected chi connectivity index (χ3v) is 7.06. The second-order valence-corrected chi connectivity index (χ2v) is 9.52. The molecule has 6 heteroatoms. The molecule has 1 amide bonds. The zero-order valence-electron chi connectivity index (χ0n) is 17.5. The lowest BCUT2D eigenvalue weighted by molar-refractivity contribution is -0.136. The van der Waals surface area contributed by atoms with Crippen molar-refractivity contribution in [2.45, 2.75) is 51.6 Å². The van der Waals surface area contributed by atoms with Crippen molar-refractivity contribution in [2.24, 2.45) is 11.3 Å². The fraction of sp³-hybridized carbons (Fsp3) is 0.609. The number of carbonyl (C=O) groups excluding carboxylic acids is 1. The van der Waals surface area contributed by atoms with Gasteiger partial charge in [-0.3, -0.25) is 14.7 Å². The molecule has 4 heterocycles. The summed E-state index contributed by atoms with van der Waals surface area (Å²) < 4.78 is 2.16. The van der Waals surface area contributed by atoms with Crippen LogP contribution in [0.4, 0.5) is 0 Å². The Morgan fingerprint density at radius 1 is 1.24 bits per heavy atom. The average molecular weight is 394 g/mol. The minimum absolute atomic E-state index is 0.168. The van der Waals surface area contributed by atoms with Crippen molar-refractivity contribution in [1.29, 1.82) is 0 Å². The summed E-state index contributed by atoms with van der Waals surface area (Å²) in [7, 11) is 0. The number of pyridine rings is 1. The van der Waals surface area contributed by atoms with Crippen LogP contribution < -0.4 is 0 Å². The summed E-state index contributed by atoms with van der Waals surface area (Å²) in [4.78, 5) is 27.2. The van der Waals surface area contributed by atoms with Gasteiger partial charge in [0.15, 0.2) is 0 Å². The van der Waals surface area contributed by atoms with Crippen LogP contribution in [0.2, 0.25) is 0 Å². The van der Waals surface area contributed by atoms with Gasteiger partial charge in [-0.2, -0.15) is 0 Å². The molecule has 29 heavy (non-hydrogen) atoms. The first-order valence-corrected chi connectivity index (χ1v) is 11.0. The molecular formula is C23H31N5O. The van der Waals surface area contributed by atoms with Gasteiger partial charge in [0.05, 0.1) is 17.4 Å². The van der Waals surface area contributed by atoms with E-state index in [1.54, 1.807) is 0 Å². The standard InChI is InChI=1S/C23H31N5O/c1-17(2)28-14-21(25-16-28)20-13-26(11-19-5-8-24-9-6-19)15-23(20)7-10-27(22(23)29)12-18-3-4-18/h5-6,8-9,14,16-18,20H,3-4,7,10-13,15H2,1-2H3/t20-,23+/m1/s1. The largest absolute Gasteiger partial charge is 0.342 e. The number of carbonyl (C=O) groups is 1. The smallest absolute Gasteiger partial charge is 0.230 e. The molecule has 154 valence electrons. The van der Waals surface area contributed by atoms with E-state index >= 15 is 0 Å². The van der Waals surface area contributed by atoms with Crippen molar-refractivity contribution < 1.29 is 4.79 Å². The van der Waals surface area contributed by atoms with Crippen LogP contribution in [-0.2, 0) is 11.3 Å². The maximum atomic E-state index is 13.7. The number of hydrogen-bond donors (Lipinski definition) is 0. The van der Waals surface area contributed by atoms with E-state index in [0.717, 1.165) is 50.8 Å². The topological polar surface area (TPSA) is 54.3 Å². The first kappa shape index (κ1) is 18.8. The Kier molecular flexibility index (Phi) is 4.69. The predicted octanol–water partition coefficient (Wildman–Crippen LogP) is 3.09. The summed E-state index contributed by atoms with van der Waals surface area (Å²) in [5.74, 6) is 1.27. The van der Waals surface area contributed by atoms with E-state index in [2.05, 4.69) is 51.5 Å². The first-order chi connectivity index (χ1) is 14.0. The zero-order valence-corrected chi connectivity index (χ0v) is 17.5. The van der Waals surface area contributed by atoms with Gasteiger partial charge >= 0.3 is 0 Å². The number of rotatable bonds is 6. The van der Waals surface area contributed by atoms with Crippen LogP contribution in [0, 0.1) is 11.3 Å². The summed E-state index contributed by atoms with van der Waals surface area (Å²) in [6, 6.07) is 4.53. The highest BCUT2D eigenvalue weighted by atomic mass is 16.2. The fourth-order valence-corrected chi connectivity index (χ4v) is 5.18. The highest BCUT2D eigenvalue weighted by molar-refractivity contribution is 5.87. The highest BCUT2D eigenvalue weighted by Crippen LogP contribution is 2.50. The number of hydrogen-bond acceptors (Lipinski definition) is 4. The van der Waals surface area contributed by atoms with Gasteiger partial charge in [-0.15, -0.1) is 0 Å². The molecule has 5 rings (SSSR count). The molecule has 3 fully saturated rings. The molecule has 2 saturated heterocycles. The third kappa shape index (κ3) is 3.48. The fourth-order valence-electron chi connectivity index (χ4n) is 5.18. The summed E-state index contributed by atoms with van der Waals surface area (Å²) in [5, 5.41) is 0. The average Bonchev–Trinajstić information content (AvgIpc) is 3.13. The van der Waals surface area contributed by atoms with Crippen molar-refractivity contribution in [3.8, 4) is 0 Å². The monoisotopic (exact) mass is 393 g/mol. The second kappa shape index (κ2) is 7.24. The molecule has 3 aliphatic rings. The molecule has 0 unspecified atom stereocenters. The predicted molar refractivity (Wildman–Crippen MR) is 111 cm³/mol. The molecule has 1 spiro atoms. The van der Waals surface area contributed by atoms with Gasteiger partial charge in [-0.05, 0) is 56.7 Å². The molecule has 1 saturated carbocycles. The lowest BCUT2D eigenvalue weighted by Crippen LogP contribution is -2.40. The Hall–Kier alpha value is -2.21. The number of likely N-dealkylation sites (tertiary alicyclic amines) is 2. The Balaban J connectivity index is 1.43. The van der Waals surface area contributed by atoms with Crippen LogP contribution in [0.1, 0.15) is 56.3 Å². The molecule has 2 aliphatic heterocycles. The van der Waals surface area contributed by atoms with Gasteiger partial charge < -0.3 is 9.47 Å². The molecule has 6 nitrogen and oxygen atoms in total. The Bertz CT molecular complexity index is 874. The summed E-state index contributed by atoms with van der Waals surface area (Å²) >= 11 is 0. The molecule has 2 aromatic rings. The maximum Gasteiger partial charge on any atom is 0.230 e. The second-order valence-electron chi connectivity index (χ2n) is 9.52. The molecule has 1 aliphatic carbocycles. The van der Waals surface area contributed by atoms with E-state index in [1.165, 1.54) is 18.4 Å². The normalized spacial score (nSPS) is 27.6. The molecule has 0 bridgehead atoms. The molecule has 2 aromatic heterocycles. The van der Waals surface area contributed by atoms with Crippen LogP contribution in [0.3, 0.4) is 0 Å². The van der Waals surface area contributed by atoms with Crippen molar-refractivity contribution in [2.75, 3.05) is 26.2 Å². The van der Waals surface area contributed by atoms with E-state index in [9.17, 15) is 4.79 Å². The summed E-state index contributed by atoms with van der Waals surface area (Å²) in [5.41, 5.74) is 2.01. The van der Waals surface area contributed by atoms with Gasteiger partial charge in [0.1, 0.15) is 0 Å². The lowest BCUT2D eigenvalue weighted by Gasteiger charge is -2.28. The van der Waals surface area contributed by atoms with Crippen molar-refractivity contribution in [1.82, 2.24) is 24.3 Å².